The molecule has 0 spiro atoms. The molecule has 0 aromatic heterocycles. The fraction of sp³-hybridized carbons (Fsp3) is 0.440. The van der Waals surface area contributed by atoms with Crippen LogP contribution in [0.3, 0.4) is 0 Å². The summed E-state index contributed by atoms with van der Waals surface area (Å²) in [7, 11) is -2.85. The maximum Gasteiger partial charge on any atom is 0.271 e. The van der Waals surface area contributed by atoms with Crippen LogP contribution in [-0.2, 0) is 26.2 Å². The summed E-state index contributed by atoms with van der Waals surface area (Å²) in [5, 5.41) is 14.6. The van der Waals surface area contributed by atoms with Crippen LogP contribution in [0.5, 0.6) is 5.75 Å². The molecule has 0 saturated carbocycles. The van der Waals surface area contributed by atoms with Crippen molar-refractivity contribution in [3.63, 3.8) is 0 Å². The van der Waals surface area contributed by atoms with Crippen LogP contribution in [0.15, 0.2) is 42.5 Å². The van der Waals surface area contributed by atoms with Gasteiger partial charge in [0.2, 0.25) is 21.8 Å². The first-order valence-corrected chi connectivity index (χ1v) is 14.0. The number of benzene rings is 2. The van der Waals surface area contributed by atoms with Gasteiger partial charge in [0.25, 0.3) is 5.69 Å². The third kappa shape index (κ3) is 8.06. The molecule has 2 amide bonds. The molecule has 0 radical (unpaired) electrons. The van der Waals surface area contributed by atoms with Crippen molar-refractivity contribution in [3.05, 3.63) is 63.2 Å². The zero-order valence-electron chi connectivity index (χ0n) is 22.2. The van der Waals surface area contributed by atoms with E-state index in [9.17, 15) is 28.1 Å². The number of hydrogen-bond acceptors (Lipinski definition) is 7. The van der Waals surface area contributed by atoms with Gasteiger partial charge < -0.3 is 15.0 Å². The van der Waals surface area contributed by atoms with E-state index in [0.29, 0.717) is 10.6 Å². The van der Waals surface area contributed by atoms with Crippen LogP contribution in [0.25, 0.3) is 0 Å². The Kier molecular flexibility index (Phi) is 10.1. The lowest BCUT2D eigenvalue weighted by atomic mass is 10.1. The first-order chi connectivity index (χ1) is 17.6. The van der Waals surface area contributed by atoms with Crippen LogP contribution in [0.4, 0.5) is 11.4 Å². The predicted octanol–water partition coefficient (Wildman–Crippen LogP) is 3.74. The summed E-state index contributed by atoms with van der Waals surface area (Å²) in [5.74, 6) is -1.11. The molecule has 13 heteroatoms. The van der Waals surface area contributed by atoms with Crippen LogP contribution in [0, 0.1) is 10.1 Å². The summed E-state index contributed by atoms with van der Waals surface area (Å²) in [6.07, 6.45) is 1.11. The van der Waals surface area contributed by atoms with Gasteiger partial charge in [-0.05, 0) is 44.9 Å². The second-order valence-electron chi connectivity index (χ2n) is 9.66. The van der Waals surface area contributed by atoms with Gasteiger partial charge in [0.1, 0.15) is 24.0 Å². The highest BCUT2D eigenvalue weighted by molar-refractivity contribution is 7.92. The van der Waals surface area contributed by atoms with E-state index in [-0.39, 0.29) is 30.1 Å². The normalized spacial score (nSPS) is 12.4. The first kappa shape index (κ1) is 30.8. The molecule has 11 nitrogen and oxygen atoms in total. The average Bonchev–Trinajstić information content (AvgIpc) is 2.81. The van der Waals surface area contributed by atoms with Crippen molar-refractivity contribution in [1.29, 1.82) is 0 Å². The molecule has 208 valence electrons. The Morgan fingerprint density at radius 1 is 1.18 bits per heavy atom. The fourth-order valence-corrected chi connectivity index (χ4v) is 4.80. The summed E-state index contributed by atoms with van der Waals surface area (Å²) >= 11 is 6.34. The number of hydrogen-bond donors (Lipinski definition) is 1. The largest absolute Gasteiger partial charge is 0.495 e. The molecule has 2 rings (SSSR count). The van der Waals surface area contributed by atoms with Crippen LogP contribution in [-0.4, -0.2) is 61.5 Å². The number of nitrogens with zero attached hydrogens (tertiary/aromatic N) is 3. The summed E-state index contributed by atoms with van der Waals surface area (Å²) < 4.78 is 31.7. The minimum absolute atomic E-state index is 0.0176. The second-order valence-corrected chi connectivity index (χ2v) is 12.0. The Morgan fingerprint density at radius 3 is 2.32 bits per heavy atom. The number of carbonyl (C=O) groups is 2. The number of nitro benzene ring substituents is 1. The molecule has 0 unspecified atom stereocenters. The van der Waals surface area contributed by atoms with Gasteiger partial charge in [-0.2, -0.15) is 0 Å². The van der Waals surface area contributed by atoms with Crippen molar-refractivity contribution < 1.29 is 27.7 Å². The van der Waals surface area contributed by atoms with Gasteiger partial charge in [0, 0.05) is 29.2 Å². The fourth-order valence-electron chi connectivity index (χ4n) is 3.76. The average molecular weight is 569 g/mol. The van der Waals surface area contributed by atoms with Gasteiger partial charge in [0.05, 0.1) is 18.3 Å². The van der Waals surface area contributed by atoms with Crippen LogP contribution in [0.2, 0.25) is 5.02 Å². The number of non-ortho nitro benzene ring substituents is 1. The minimum atomic E-state index is -4.13. The number of nitro groups is 1. The van der Waals surface area contributed by atoms with E-state index in [4.69, 9.17) is 16.3 Å². The zero-order chi connectivity index (χ0) is 28.8. The lowest BCUT2D eigenvalue weighted by molar-refractivity contribution is -0.384. The number of amides is 2. The second kappa shape index (κ2) is 12.4. The molecule has 0 fully saturated rings. The van der Waals surface area contributed by atoms with E-state index < -0.39 is 44.9 Å². The Bertz CT molecular complexity index is 1290. The molecule has 2 aromatic carbocycles. The number of sulfonamides is 1. The molecule has 0 saturated heterocycles. The maximum atomic E-state index is 13.8. The number of halogens is 1. The van der Waals surface area contributed by atoms with Gasteiger partial charge in [-0.1, -0.05) is 36.7 Å². The molecule has 0 bridgehead atoms. The Hall–Kier alpha value is -3.38. The molecule has 38 heavy (non-hydrogen) atoms. The molecule has 0 aliphatic heterocycles. The standard InChI is InChI=1S/C25H33ClN4O7S/c1-7-20(24(32)27-25(2,3)4)28(15-17-10-8-9-11-19(17)26)23(31)16-29(38(6,35)36)21-14-18(30(33)34)12-13-22(21)37-5/h8-14,20H,7,15-16H2,1-6H3,(H,27,32)/t20-/m1/s1. The molecule has 0 heterocycles. The van der Waals surface area contributed by atoms with Crippen LogP contribution >= 0.6 is 11.6 Å². The third-order valence-electron chi connectivity index (χ3n) is 5.50. The Balaban J connectivity index is 2.60. The lowest BCUT2D eigenvalue weighted by Crippen LogP contribution is -2.55. The van der Waals surface area contributed by atoms with Crippen LogP contribution in [0.1, 0.15) is 39.7 Å². The van der Waals surface area contributed by atoms with E-state index >= 15 is 0 Å². The van der Waals surface area contributed by atoms with E-state index in [1.54, 1.807) is 52.0 Å². The number of rotatable bonds is 11. The van der Waals surface area contributed by atoms with Gasteiger partial charge in [0.15, 0.2) is 0 Å². The van der Waals surface area contributed by atoms with Gasteiger partial charge in [-0.25, -0.2) is 8.42 Å². The van der Waals surface area contributed by atoms with Gasteiger partial charge >= 0.3 is 0 Å². The van der Waals surface area contributed by atoms with Crippen molar-refractivity contribution in [1.82, 2.24) is 10.2 Å². The quantitative estimate of drug-likeness (QED) is 0.322. The van der Waals surface area contributed by atoms with E-state index in [1.807, 2.05) is 0 Å². The van der Waals surface area contributed by atoms with E-state index in [2.05, 4.69) is 5.32 Å². The van der Waals surface area contributed by atoms with Crippen molar-refractivity contribution >= 4 is 44.8 Å². The Morgan fingerprint density at radius 2 is 1.82 bits per heavy atom. The predicted molar refractivity (Wildman–Crippen MR) is 146 cm³/mol. The van der Waals surface area contributed by atoms with E-state index in [1.165, 1.54) is 18.1 Å². The van der Waals surface area contributed by atoms with E-state index in [0.717, 1.165) is 22.7 Å². The molecule has 1 N–H and O–H groups in total. The summed E-state index contributed by atoms with van der Waals surface area (Å²) in [4.78, 5) is 39.0. The van der Waals surface area contributed by atoms with Crippen molar-refractivity contribution in [2.24, 2.45) is 0 Å². The molecule has 1 atom stereocenters. The highest BCUT2D eigenvalue weighted by Crippen LogP contribution is 2.34. The molecular weight excluding hydrogens is 536 g/mol. The number of anilines is 1. The molecular formula is C25H33ClN4O7S. The number of carbonyl (C=O) groups excluding carboxylic acids is 2. The van der Waals surface area contributed by atoms with Crippen LogP contribution < -0.4 is 14.4 Å². The zero-order valence-corrected chi connectivity index (χ0v) is 23.8. The van der Waals surface area contributed by atoms with Crippen molar-refractivity contribution in [2.45, 2.75) is 52.2 Å². The minimum Gasteiger partial charge on any atom is -0.495 e. The lowest BCUT2D eigenvalue weighted by Gasteiger charge is -2.34. The molecule has 0 aliphatic rings. The summed E-state index contributed by atoms with van der Waals surface area (Å²) in [6, 6.07) is 9.29. The first-order valence-electron chi connectivity index (χ1n) is 11.7. The smallest absolute Gasteiger partial charge is 0.271 e. The SMILES string of the molecule is CC[C@H](C(=O)NC(C)(C)C)N(Cc1ccccc1Cl)C(=O)CN(c1cc([N+](=O)[O-])ccc1OC)S(C)(=O)=O. The molecule has 0 aliphatic carbocycles. The number of nitrogens with one attached hydrogen (secondary N) is 1. The Labute approximate surface area is 227 Å². The number of methoxy groups -OCH3 is 1. The van der Waals surface area contributed by atoms with Gasteiger partial charge in [-0.15, -0.1) is 0 Å². The van der Waals surface area contributed by atoms with Gasteiger partial charge in [-0.3, -0.25) is 24.0 Å². The highest BCUT2D eigenvalue weighted by Gasteiger charge is 2.34. The summed E-state index contributed by atoms with van der Waals surface area (Å²) in [5.41, 5.74) is -0.588. The highest BCUT2D eigenvalue weighted by atomic mass is 35.5. The number of ether oxygens (including phenoxy) is 1. The topological polar surface area (TPSA) is 139 Å². The molecule has 2 aromatic rings. The summed E-state index contributed by atoms with van der Waals surface area (Å²) in [6.45, 7) is 6.34. The van der Waals surface area contributed by atoms with Crippen molar-refractivity contribution in [3.8, 4) is 5.75 Å². The third-order valence-corrected chi connectivity index (χ3v) is 7.00. The van der Waals surface area contributed by atoms with Crippen molar-refractivity contribution in [2.75, 3.05) is 24.2 Å². The maximum absolute atomic E-state index is 13.8. The monoisotopic (exact) mass is 568 g/mol.